The number of piperazine rings is 1. The van der Waals surface area contributed by atoms with E-state index in [1.807, 2.05) is 24.0 Å². The summed E-state index contributed by atoms with van der Waals surface area (Å²) in [5.74, 6) is -0.618. The smallest absolute Gasteiger partial charge is 0.319 e. The van der Waals surface area contributed by atoms with Crippen molar-refractivity contribution in [1.29, 1.82) is 5.41 Å². The van der Waals surface area contributed by atoms with E-state index < -0.39 is 23.3 Å². The maximum absolute atomic E-state index is 17.2. The molecule has 2 atom stereocenters. The Hall–Kier alpha value is -6.04. The first-order valence-electron chi connectivity index (χ1n) is 26.0. The van der Waals surface area contributed by atoms with Gasteiger partial charge in [-0.1, -0.05) is 13.0 Å². The van der Waals surface area contributed by atoms with Crippen LogP contribution in [0.2, 0.25) is 0 Å². The SMILES string of the molecule is CCc1c(F)ccc2cc(O)cc(-c3ncc4c(N5CCC[C@@](C)(O)C5)nc(OCC5(CN6CCC7(CC6)CC(CN6CCN(c8ccc(NC9CCC(=O)NC9=O)c(C=N)c8)CC6)C7)CC5)nc4c3F)c12. The Kier molecular flexibility index (Phi) is 12.8. The van der Waals surface area contributed by atoms with Gasteiger partial charge in [0.05, 0.1) is 17.6 Å². The zero-order valence-corrected chi connectivity index (χ0v) is 41.4. The van der Waals surface area contributed by atoms with Crippen molar-refractivity contribution in [3.63, 3.8) is 0 Å². The number of nitrogens with zero attached hydrogens (tertiary/aromatic N) is 7. The minimum Gasteiger partial charge on any atom is -0.508 e. The van der Waals surface area contributed by atoms with Crippen LogP contribution in [-0.4, -0.2) is 137 Å². The van der Waals surface area contributed by atoms with E-state index >= 15 is 8.78 Å². The lowest BCUT2D eigenvalue weighted by Gasteiger charge is -2.54. The number of aliphatic hydroxyl groups is 1. The molecule has 72 heavy (non-hydrogen) atoms. The van der Waals surface area contributed by atoms with Crippen LogP contribution in [0.25, 0.3) is 32.9 Å². The van der Waals surface area contributed by atoms with Crippen molar-refractivity contribution >= 4 is 56.9 Å². The number of benzene rings is 3. The summed E-state index contributed by atoms with van der Waals surface area (Å²) < 4.78 is 38.8. The van der Waals surface area contributed by atoms with Gasteiger partial charge in [-0.15, -0.1) is 0 Å². The van der Waals surface area contributed by atoms with Gasteiger partial charge in [0.2, 0.25) is 11.8 Å². The number of aryl methyl sites for hydroxylation is 1. The number of aromatic hydroxyl groups is 1. The predicted molar refractivity (Wildman–Crippen MR) is 274 cm³/mol. The highest BCUT2D eigenvalue weighted by atomic mass is 19.1. The quantitative estimate of drug-likeness (QED) is 0.0548. The first-order chi connectivity index (χ1) is 34.7. The number of likely N-dealkylation sites (tertiary alicyclic amines) is 1. The van der Waals surface area contributed by atoms with Crippen LogP contribution in [-0.2, 0) is 16.0 Å². The van der Waals surface area contributed by atoms with Gasteiger partial charge in [0.25, 0.3) is 0 Å². The van der Waals surface area contributed by atoms with Gasteiger partial charge in [0, 0.05) is 99.1 Å². The van der Waals surface area contributed by atoms with Crippen molar-refractivity contribution in [3.05, 3.63) is 71.4 Å². The molecule has 2 saturated carbocycles. The molecule has 15 nitrogen and oxygen atoms in total. The summed E-state index contributed by atoms with van der Waals surface area (Å²) in [6.07, 6.45) is 12.3. The molecule has 0 radical (unpaired) electrons. The third-order valence-electron chi connectivity index (χ3n) is 16.8. The molecule has 3 aromatic carbocycles. The molecule has 17 heteroatoms. The van der Waals surface area contributed by atoms with Gasteiger partial charge in [-0.05, 0) is 148 Å². The maximum Gasteiger partial charge on any atom is 0.319 e. The van der Waals surface area contributed by atoms with E-state index in [4.69, 9.17) is 20.1 Å². The molecule has 4 saturated heterocycles. The Morgan fingerprint density at radius 1 is 0.944 bits per heavy atom. The van der Waals surface area contributed by atoms with Crippen molar-refractivity contribution in [1.82, 2.24) is 30.1 Å². The Labute approximate surface area is 418 Å². The number of amides is 2. The second-order valence-electron chi connectivity index (χ2n) is 22.2. The van der Waals surface area contributed by atoms with Gasteiger partial charge in [0.15, 0.2) is 5.82 Å². The minimum absolute atomic E-state index is 0.0203. The van der Waals surface area contributed by atoms with Crippen molar-refractivity contribution in [2.75, 3.05) is 87.2 Å². The van der Waals surface area contributed by atoms with Crippen LogP contribution in [0.15, 0.2) is 48.7 Å². The van der Waals surface area contributed by atoms with Gasteiger partial charge >= 0.3 is 6.01 Å². The van der Waals surface area contributed by atoms with Gasteiger partial charge in [0.1, 0.15) is 34.6 Å². The number of hydrogen-bond donors (Lipinski definition) is 5. The molecule has 4 aliphatic heterocycles. The lowest BCUT2D eigenvalue weighted by molar-refractivity contribution is -0.133. The molecular weight excluding hydrogens is 919 g/mol. The van der Waals surface area contributed by atoms with Crippen molar-refractivity contribution in [3.8, 4) is 23.0 Å². The van der Waals surface area contributed by atoms with E-state index in [0.717, 1.165) is 88.6 Å². The number of β-amino-alcohol motifs (C(OH)–C–C–N with tert-alkyl or cyclic N) is 1. The fourth-order valence-electron chi connectivity index (χ4n) is 12.6. The Bertz CT molecular complexity index is 2920. The molecule has 1 unspecified atom stereocenters. The largest absolute Gasteiger partial charge is 0.508 e. The van der Waals surface area contributed by atoms with Crippen LogP contribution in [0.1, 0.15) is 89.2 Å². The van der Waals surface area contributed by atoms with Crippen LogP contribution in [0, 0.1) is 33.8 Å². The fraction of sp³-hybridized carbons (Fsp3) is 0.527. The Balaban J connectivity index is 0.703. The molecule has 6 heterocycles. The number of ether oxygens (including phenoxy) is 1. The monoisotopic (exact) mass is 985 g/mol. The number of hydrogen-bond acceptors (Lipinski definition) is 14. The lowest BCUT2D eigenvalue weighted by atomic mass is 9.57. The van der Waals surface area contributed by atoms with Crippen LogP contribution in [0.5, 0.6) is 11.8 Å². The van der Waals surface area contributed by atoms with Crippen LogP contribution >= 0.6 is 0 Å². The molecule has 6 aliphatic rings. The number of piperidine rings is 3. The number of imide groups is 1. The zero-order valence-electron chi connectivity index (χ0n) is 41.4. The zero-order chi connectivity index (χ0) is 49.9. The van der Waals surface area contributed by atoms with E-state index in [2.05, 4.69) is 36.4 Å². The number of fused-ring (bicyclic) bond motifs is 2. The van der Waals surface area contributed by atoms with Crippen molar-refractivity contribution < 1.29 is 33.3 Å². The van der Waals surface area contributed by atoms with E-state index in [1.165, 1.54) is 44.0 Å². The molecule has 0 bridgehead atoms. The number of aromatic nitrogens is 3. The molecule has 5 aromatic rings. The van der Waals surface area contributed by atoms with E-state index in [1.54, 1.807) is 25.3 Å². The summed E-state index contributed by atoms with van der Waals surface area (Å²) in [5.41, 5.74) is 2.60. The van der Waals surface area contributed by atoms with Crippen LogP contribution < -0.4 is 25.2 Å². The number of phenolic OH excluding ortho intramolecular Hbond substituents is 1. The summed E-state index contributed by atoms with van der Waals surface area (Å²) in [6, 6.07) is 11.5. The normalized spacial score (nSPS) is 23.6. The van der Waals surface area contributed by atoms with Crippen molar-refractivity contribution in [2.45, 2.75) is 96.1 Å². The van der Waals surface area contributed by atoms with Gasteiger partial charge in [-0.25, -0.2) is 8.78 Å². The molecular formula is C55H66F2N10O5. The third-order valence-corrected chi connectivity index (χ3v) is 16.8. The lowest BCUT2D eigenvalue weighted by Crippen LogP contribution is -2.53. The van der Waals surface area contributed by atoms with E-state index in [-0.39, 0.29) is 45.8 Å². The average Bonchev–Trinajstić information content (AvgIpc) is 4.13. The number of carbonyl (C=O) groups excluding carboxylic acids is 2. The number of anilines is 3. The topological polar surface area (TPSA) is 183 Å². The average molecular weight is 985 g/mol. The van der Waals surface area contributed by atoms with Gasteiger partial charge in [-0.3, -0.25) is 24.8 Å². The summed E-state index contributed by atoms with van der Waals surface area (Å²) >= 11 is 0. The van der Waals surface area contributed by atoms with Crippen LogP contribution in [0.3, 0.4) is 0 Å². The Morgan fingerprint density at radius 2 is 1.74 bits per heavy atom. The number of carbonyl (C=O) groups is 2. The predicted octanol–water partition coefficient (Wildman–Crippen LogP) is 7.43. The van der Waals surface area contributed by atoms with Crippen LogP contribution in [0.4, 0.5) is 26.0 Å². The number of pyridine rings is 1. The third kappa shape index (κ3) is 9.67. The first kappa shape index (κ1) is 48.2. The fourth-order valence-corrected chi connectivity index (χ4v) is 12.6. The Morgan fingerprint density at radius 3 is 2.46 bits per heavy atom. The molecule has 380 valence electrons. The molecule has 6 fully saturated rings. The summed E-state index contributed by atoms with van der Waals surface area (Å²) in [4.78, 5) is 47.7. The molecule has 1 spiro atoms. The van der Waals surface area contributed by atoms with Gasteiger partial charge in [-0.2, -0.15) is 9.97 Å². The molecule has 2 aliphatic carbocycles. The van der Waals surface area contributed by atoms with Gasteiger partial charge < -0.3 is 40.4 Å². The number of phenols is 1. The molecule has 5 N–H and O–H groups in total. The molecule has 11 rings (SSSR count). The summed E-state index contributed by atoms with van der Waals surface area (Å²) in [7, 11) is 0. The van der Waals surface area contributed by atoms with Crippen molar-refractivity contribution in [2.24, 2.45) is 16.7 Å². The second kappa shape index (κ2) is 19.1. The standard InChI is InChI=1S/C55H66F2N10O5/c1-3-39-42(56)7-5-35-24-38(68)25-40(46(35)39)48-47(57)49-41(29-59-48)50(67-16-4-11-53(2,71)31-67)63-52(62-49)72-33-55(12-13-55)32-65-17-14-54(15-18-65)26-34(27-54)30-64-19-21-66(22-20-64)37-6-8-43(36(23-37)28-58)60-44-9-10-45(69)61-51(44)70/h5-8,23-25,28-29,34,44,58,60,68,71H,3-4,9-22,26-27,30-33H2,1-2H3,(H,61,69,70)/t44?,53-/m1/s1. The summed E-state index contributed by atoms with van der Waals surface area (Å²) in [6.45, 7) is 13.0. The summed E-state index contributed by atoms with van der Waals surface area (Å²) in [5, 5.41) is 37.0. The number of nitrogens with one attached hydrogen (secondary N) is 3. The minimum atomic E-state index is -0.960. The molecule has 2 aromatic heterocycles. The highest BCUT2D eigenvalue weighted by molar-refractivity contribution is 6.03. The first-order valence-corrected chi connectivity index (χ1v) is 26.0. The number of rotatable bonds is 14. The van der Waals surface area contributed by atoms with E-state index in [0.29, 0.717) is 84.3 Å². The second-order valence-corrected chi connectivity index (χ2v) is 22.2. The molecule has 2 amide bonds. The van der Waals surface area contributed by atoms with E-state index in [9.17, 15) is 19.8 Å². The highest BCUT2D eigenvalue weighted by Crippen LogP contribution is 2.54. The maximum atomic E-state index is 17.2. The number of halogens is 2. The highest BCUT2D eigenvalue weighted by Gasteiger charge is 2.49.